The number of aromatic hydroxyl groups is 1. The molecule has 2 aromatic rings. The number of carbonyl (C=O) groups excluding carboxylic acids is 1. The van der Waals surface area contributed by atoms with E-state index in [0.717, 1.165) is 32.5 Å². The molecule has 0 spiro atoms. The van der Waals surface area contributed by atoms with Gasteiger partial charge in [0.25, 0.3) is 0 Å². The number of hydrogen-bond acceptors (Lipinski definition) is 3. The minimum Gasteiger partial charge on any atom is -0.508 e. The predicted octanol–water partition coefficient (Wildman–Crippen LogP) is 3.18. The van der Waals surface area contributed by atoms with E-state index < -0.39 is 0 Å². The fourth-order valence-corrected chi connectivity index (χ4v) is 2.97. The van der Waals surface area contributed by atoms with Crippen molar-refractivity contribution in [2.24, 2.45) is 0 Å². The number of amides is 2. The number of piperidine rings is 1. The van der Waals surface area contributed by atoms with E-state index >= 15 is 0 Å². The quantitative estimate of drug-likeness (QED) is 0.757. The number of benzene rings is 2. The molecular weight excluding hydrogens is 302 g/mol. The second-order valence-electron chi connectivity index (χ2n) is 6.18. The van der Waals surface area contributed by atoms with E-state index in [1.54, 1.807) is 24.3 Å². The van der Waals surface area contributed by atoms with Crippen LogP contribution in [-0.2, 0) is 6.54 Å². The Balaban J connectivity index is 1.41. The minimum absolute atomic E-state index is 0.187. The van der Waals surface area contributed by atoms with Crippen molar-refractivity contribution in [1.82, 2.24) is 10.2 Å². The lowest BCUT2D eigenvalue weighted by atomic mass is 10.0. The fraction of sp³-hybridized carbons (Fsp3) is 0.316. The number of rotatable bonds is 4. The monoisotopic (exact) mass is 325 g/mol. The topological polar surface area (TPSA) is 64.6 Å². The third kappa shape index (κ3) is 4.73. The van der Waals surface area contributed by atoms with Gasteiger partial charge >= 0.3 is 6.03 Å². The van der Waals surface area contributed by atoms with Crippen molar-refractivity contribution < 1.29 is 9.90 Å². The molecule has 1 saturated heterocycles. The molecule has 1 aliphatic heterocycles. The first kappa shape index (κ1) is 16.3. The summed E-state index contributed by atoms with van der Waals surface area (Å²) in [5, 5.41) is 15.1. The lowest BCUT2D eigenvalue weighted by Gasteiger charge is -2.32. The molecule has 2 aromatic carbocycles. The largest absolute Gasteiger partial charge is 0.508 e. The van der Waals surface area contributed by atoms with Crippen LogP contribution in [0.5, 0.6) is 5.75 Å². The van der Waals surface area contributed by atoms with Crippen LogP contribution in [0, 0.1) is 0 Å². The highest BCUT2D eigenvalue weighted by Gasteiger charge is 2.20. The van der Waals surface area contributed by atoms with Crippen LogP contribution in [0.15, 0.2) is 54.6 Å². The Morgan fingerprint density at radius 2 is 1.71 bits per heavy atom. The molecule has 5 heteroatoms. The highest BCUT2D eigenvalue weighted by molar-refractivity contribution is 5.89. The number of nitrogens with one attached hydrogen (secondary N) is 2. The van der Waals surface area contributed by atoms with Gasteiger partial charge in [0, 0.05) is 31.4 Å². The zero-order valence-corrected chi connectivity index (χ0v) is 13.6. The number of nitrogens with zero attached hydrogens (tertiary/aromatic N) is 1. The molecule has 0 unspecified atom stereocenters. The van der Waals surface area contributed by atoms with Crippen molar-refractivity contribution in [3.05, 3.63) is 60.2 Å². The predicted molar refractivity (Wildman–Crippen MR) is 95.0 cm³/mol. The van der Waals surface area contributed by atoms with Gasteiger partial charge in [-0.15, -0.1) is 0 Å². The molecule has 1 heterocycles. The smallest absolute Gasteiger partial charge is 0.319 e. The van der Waals surface area contributed by atoms with Gasteiger partial charge in [0.1, 0.15) is 5.75 Å². The SMILES string of the molecule is O=C(Nc1ccc(O)cc1)NC1CCN(Cc2ccccc2)CC1. The number of carbonyl (C=O) groups is 1. The third-order valence-corrected chi connectivity index (χ3v) is 4.30. The summed E-state index contributed by atoms with van der Waals surface area (Å²) >= 11 is 0. The highest BCUT2D eigenvalue weighted by Crippen LogP contribution is 2.15. The molecule has 0 radical (unpaired) electrons. The van der Waals surface area contributed by atoms with Gasteiger partial charge in [0.2, 0.25) is 0 Å². The summed E-state index contributed by atoms with van der Waals surface area (Å²) in [7, 11) is 0. The molecule has 0 saturated carbocycles. The second kappa shape index (κ2) is 7.84. The van der Waals surface area contributed by atoms with Crippen molar-refractivity contribution in [1.29, 1.82) is 0 Å². The average Bonchev–Trinajstić information content (AvgIpc) is 2.60. The fourth-order valence-electron chi connectivity index (χ4n) is 2.97. The third-order valence-electron chi connectivity index (χ3n) is 4.30. The van der Waals surface area contributed by atoms with E-state index in [1.165, 1.54) is 5.56 Å². The molecule has 0 aromatic heterocycles. The summed E-state index contributed by atoms with van der Waals surface area (Å²) in [5.74, 6) is 0.187. The standard InChI is InChI=1S/C19H23N3O2/c23-18-8-6-16(7-9-18)20-19(24)21-17-10-12-22(13-11-17)14-15-4-2-1-3-5-15/h1-9,17,23H,10-14H2,(H2,20,21,24). The second-order valence-corrected chi connectivity index (χ2v) is 6.18. The Labute approximate surface area is 142 Å². The van der Waals surface area contributed by atoms with Gasteiger partial charge in [0.15, 0.2) is 0 Å². The minimum atomic E-state index is -0.192. The van der Waals surface area contributed by atoms with Crippen LogP contribution in [0.1, 0.15) is 18.4 Å². The van der Waals surface area contributed by atoms with E-state index in [2.05, 4.69) is 39.8 Å². The van der Waals surface area contributed by atoms with Crippen LogP contribution in [0.2, 0.25) is 0 Å². The molecule has 1 fully saturated rings. The van der Waals surface area contributed by atoms with Gasteiger partial charge in [-0.2, -0.15) is 0 Å². The van der Waals surface area contributed by atoms with Gasteiger partial charge in [-0.3, -0.25) is 4.90 Å². The molecule has 3 N–H and O–H groups in total. The number of likely N-dealkylation sites (tertiary alicyclic amines) is 1. The van der Waals surface area contributed by atoms with Crippen molar-refractivity contribution in [2.45, 2.75) is 25.4 Å². The number of anilines is 1. The molecule has 2 amide bonds. The first-order valence-electron chi connectivity index (χ1n) is 8.32. The summed E-state index contributed by atoms with van der Waals surface area (Å²) < 4.78 is 0. The molecule has 3 rings (SSSR count). The lowest BCUT2D eigenvalue weighted by molar-refractivity contribution is 0.190. The molecule has 126 valence electrons. The van der Waals surface area contributed by atoms with E-state index in [-0.39, 0.29) is 17.8 Å². The number of phenols is 1. The average molecular weight is 325 g/mol. The van der Waals surface area contributed by atoms with Gasteiger partial charge < -0.3 is 15.7 Å². The first-order valence-corrected chi connectivity index (χ1v) is 8.32. The van der Waals surface area contributed by atoms with Gasteiger partial charge in [-0.1, -0.05) is 30.3 Å². The van der Waals surface area contributed by atoms with Crippen LogP contribution < -0.4 is 10.6 Å². The van der Waals surface area contributed by atoms with E-state index in [9.17, 15) is 9.90 Å². The highest BCUT2D eigenvalue weighted by atomic mass is 16.3. The lowest BCUT2D eigenvalue weighted by Crippen LogP contribution is -2.45. The molecule has 24 heavy (non-hydrogen) atoms. The van der Waals surface area contributed by atoms with Gasteiger partial charge in [-0.25, -0.2) is 4.79 Å². The van der Waals surface area contributed by atoms with E-state index in [0.29, 0.717) is 5.69 Å². The molecule has 0 bridgehead atoms. The maximum absolute atomic E-state index is 12.0. The Bertz CT molecular complexity index is 650. The molecule has 0 atom stereocenters. The van der Waals surface area contributed by atoms with Gasteiger partial charge in [0.05, 0.1) is 0 Å². The Morgan fingerprint density at radius 1 is 1.04 bits per heavy atom. The van der Waals surface area contributed by atoms with Crippen molar-refractivity contribution in [3.8, 4) is 5.75 Å². The van der Waals surface area contributed by atoms with Crippen LogP contribution in [0.25, 0.3) is 0 Å². The maximum Gasteiger partial charge on any atom is 0.319 e. The molecule has 5 nitrogen and oxygen atoms in total. The van der Waals surface area contributed by atoms with Crippen LogP contribution in [-0.4, -0.2) is 35.2 Å². The van der Waals surface area contributed by atoms with Crippen LogP contribution in [0.4, 0.5) is 10.5 Å². The van der Waals surface area contributed by atoms with E-state index in [4.69, 9.17) is 0 Å². The molecule has 0 aliphatic carbocycles. The molecule has 1 aliphatic rings. The zero-order valence-electron chi connectivity index (χ0n) is 13.6. The number of phenolic OH excluding ortho intramolecular Hbond substituents is 1. The van der Waals surface area contributed by atoms with E-state index in [1.807, 2.05) is 6.07 Å². The summed E-state index contributed by atoms with van der Waals surface area (Å²) in [4.78, 5) is 14.5. The number of hydrogen-bond donors (Lipinski definition) is 3. The van der Waals surface area contributed by atoms with Crippen molar-refractivity contribution >= 4 is 11.7 Å². The number of urea groups is 1. The van der Waals surface area contributed by atoms with Crippen molar-refractivity contribution in [3.63, 3.8) is 0 Å². The maximum atomic E-state index is 12.0. The normalized spacial score (nSPS) is 15.8. The Kier molecular flexibility index (Phi) is 5.33. The first-order chi connectivity index (χ1) is 11.7. The summed E-state index contributed by atoms with van der Waals surface area (Å²) in [6.07, 6.45) is 1.91. The summed E-state index contributed by atoms with van der Waals surface area (Å²) in [5.41, 5.74) is 2.00. The summed E-state index contributed by atoms with van der Waals surface area (Å²) in [6, 6.07) is 16.9. The van der Waals surface area contributed by atoms with Gasteiger partial charge in [-0.05, 0) is 42.7 Å². The zero-order chi connectivity index (χ0) is 16.8. The van der Waals surface area contributed by atoms with Crippen LogP contribution >= 0.6 is 0 Å². The van der Waals surface area contributed by atoms with Crippen LogP contribution in [0.3, 0.4) is 0 Å². The van der Waals surface area contributed by atoms with Crippen molar-refractivity contribution in [2.75, 3.05) is 18.4 Å². The molecular formula is C19H23N3O2. The summed E-state index contributed by atoms with van der Waals surface area (Å²) in [6.45, 7) is 2.94. The Hall–Kier alpha value is -2.53. The Morgan fingerprint density at radius 3 is 2.38 bits per heavy atom.